The molecular weight excluding hydrogens is 238 g/mol. The van der Waals surface area contributed by atoms with E-state index in [1.807, 2.05) is 18.3 Å². The van der Waals surface area contributed by atoms with E-state index in [9.17, 15) is 4.79 Å². The fraction of sp³-hybridized carbons (Fsp3) is 0.438. The van der Waals surface area contributed by atoms with Crippen LogP contribution in [0.1, 0.15) is 31.2 Å². The first-order valence-corrected chi connectivity index (χ1v) is 6.95. The summed E-state index contributed by atoms with van der Waals surface area (Å²) in [4.78, 5) is 15.2. The summed E-state index contributed by atoms with van der Waals surface area (Å²) in [6.45, 7) is 0. The molecule has 2 aromatic rings. The number of H-pyrrole nitrogens is 1. The molecule has 1 aliphatic carbocycles. The molecule has 3 heteroatoms. The molecule has 1 unspecified atom stereocenters. The Kier molecular flexibility index (Phi) is 3.28. The lowest BCUT2D eigenvalue weighted by Crippen LogP contribution is -2.20. The number of aromatic nitrogens is 1. The molecule has 1 aromatic heterocycles. The van der Waals surface area contributed by atoms with Crippen molar-refractivity contribution in [1.29, 1.82) is 0 Å². The van der Waals surface area contributed by atoms with Crippen LogP contribution < -0.4 is 4.74 Å². The number of benzene rings is 1. The van der Waals surface area contributed by atoms with Crippen molar-refractivity contribution in [2.24, 2.45) is 5.92 Å². The van der Waals surface area contributed by atoms with Crippen molar-refractivity contribution < 1.29 is 9.53 Å². The predicted octanol–water partition coefficient (Wildman–Crippen LogP) is 3.48. The van der Waals surface area contributed by atoms with E-state index in [0.717, 1.165) is 36.9 Å². The van der Waals surface area contributed by atoms with Gasteiger partial charge in [0.25, 0.3) is 0 Å². The van der Waals surface area contributed by atoms with Gasteiger partial charge in [0.05, 0.1) is 12.6 Å². The molecular formula is C16H19NO2. The van der Waals surface area contributed by atoms with Gasteiger partial charge in [0, 0.05) is 23.9 Å². The van der Waals surface area contributed by atoms with Gasteiger partial charge in [0.2, 0.25) is 0 Å². The lowest BCUT2D eigenvalue weighted by molar-refractivity contribution is -0.124. The van der Waals surface area contributed by atoms with Crippen LogP contribution in [0.3, 0.4) is 0 Å². The van der Waals surface area contributed by atoms with Gasteiger partial charge in [0.1, 0.15) is 11.5 Å². The number of carbonyl (C=O) groups excluding carboxylic acids is 1. The van der Waals surface area contributed by atoms with Crippen molar-refractivity contribution >= 4 is 16.7 Å². The lowest BCUT2D eigenvalue weighted by Gasteiger charge is -2.19. The second-order valence-electron chi connectivity index (χ2n) is 5.31. The minimum atomic E-state index is 0.207. The molecule has 3 nitrogen and oxygen atoms in total. The van der Waals surface area contributed by atoms with Crippen LogP contribution in [-0.2, 0) is 11.2 Å². The highest BCUT2D eigenvalue weighted by molar-refractivity contribution is 5.89. The maximum Gasteiger partial charge on any atom is 0.142 e. The van der Waals surface area contributed by atoms with Crippen LogP contribution in [0.15, 0.2) is 24.4 Å². The predicted molar refractivity (Wildman–Crippen MR) is 75.5 cm³/mol. The third kappa shape index (κ3) is 2.25. The zero-order chi connectivity index (χ0) is 13.2. The zero-order valence-electron chi connectivity index (χ0n) is 11.2. The summed E-state index contributed by atoms with van der Waals surface area (Å²) >= 11 is 0. The first kappa shape index (κ1) is 12.3. The smallest absolute Gasteiger partial charge is 0.142 e. The van der Waals surface area contributed by atoms with Gasteiger partial charge in [-0.05, 0) is 30.9 Å². The Morgan fingerprint density at radius 3 is 3.05 bits per heavy atom. The molecule has 0 amide bonds. The van der Waals surface area contributed by atoms with Crippen LogP contribution in [0.25, 0.3) is 10.9 Å². The Hall–Kier alpha value is -1.77. The number of hydrogen-bond acceptors (Lipinski definition) is 2. The number of aromatic amines is 1. The van der Waals surface area contributed by atoms with Gasteiger partial charge in [-0.25, -0.2) is 0 Å². The maximum atomic E-state index is 11.9. The number of carbonyl (C=O) groups is 1. The molecule has 1 saturated carbocycles. The first-order chi connectivity index (χ1) is 9.29. The molecule has 1 aromatic carbocycles. The number of fused-ring (bicyclic) bond motifs is 1. The minimum absolute atomic E-state index is 0.207. The minimum Gasteiger partial charge on any atom is -0.495 e. The molecule has 1 heterocycles. The highest BCUT2D eigenvalue weighted by Crippen LogP contribution is 2.31. The average Bonchev–Trinajstić information content (AvgIpc) is 2.84. The molecule has 19 heavy (non-hydrogen) atoms. The molecule has 3 rings (SSSR count). The molecule has 1 N–H and O–H groups in total. The maximum absolute atomic E-state index is 11.9. The number of nitrogens with one attached hydrogen (secondary N) is 1. The quantitative estimate of drug-likeness (QED) is 0.914. The standard InChI is InChI=1S/C16H19NO2/c1-19-15-8-4-6-13-12(10-17-16(13)15)9-11-5-2-3-7-14(11)18/h4,6,8,10-11,17H,2-3,5,7,9H2,1H3. The SMILES string of the molecule is COc1cccc2c(CC3CCCCC3=O)c[nH]c12. The number of ether oxygens (including phenoxy) is 1. The Morgan fingerprint density at radius 1 is 1.37 bits per heavy atom. The zero-order valence-corrected chi connectivity index (χ0v) is 11.2. The fourth-order valence-electron chi connectivity index (χ4n) is 3.06. The van der Waals surface area contributed by atoms with Crippen LogP contribution in [0.2, 0.25) is 0 Å². The van der Waals surface area contributed by atoms with Crippen molar-refractivity contribution in [2.45, 2.75) is 32.1 Å². The Balaban J connectivity index is 1.91. The largest absolute Gasteiger partial charge is 0.495 e. The van der Waals surface area contributed by atoms with Crippen molar-refractivity contribution in [3.05, 3.63) is 30.0 Å². The second kappa shape index (κ2) is 5.08. The molecule has 100 valence electrons. The lowest BCUT2D eigenvalue weighted by atomic mass is 9.84. The normalized spacial score (nSPS) is 19.8. The van der Waals surface area contributed by atoms with E-state index >= 15 is 0 Å². The van der Waals surface area contributed by atoms with Crippen LogP contribution in [0.5, 0.6) is 5.75 Å². The summed E-state index contributed by atoms with van der Waals surface area (Å²) in [6, 6.07) is 6.05. The summed E-state index contributed by atoms with van der Waals surface area (Å²) < 4.78 is 5.35. The van der Waals surface area contributed by atoms with E-state index in [2.05, 4.69) is 11.1 Å². The van der Waals surface area contributed by atoms with Gasteiger partial charge in [0.15, 0.2) is 0 Å². The van der Waals surface area contributed by atoms with Gasteiger partial charge in [-0.15, -0.1) is 0 Å². The van der Waals surface area contributed by atoms with Gasteiger partial charge >= 0.3 is 0 Å². The van der Waals surface area contributed by atoms with Gasteiger partial charge in [-0.2, -0.15) is 0 Å². The highest BCUT2D eigenvalue weighted by atomic mass is 16.5. The van der Waals surface area contributed by atoms with Gasteiger partial charge < -0.3 is 9.72 Å². The van der Waals surface area contributed by atoms with Crippen molar-refractivity contribution in [3.63, 3.8) is 0 Å². The van der Waals surface area contributed by atoms with E-state index in [-0.39, 0.29) is 5.92 Å². The molecule has 0 saturated heterocycles. The third-order valence-corrected chi connectivity index (χ3v) is 4.13. The third-order valence-electron chi connectivity index (χ3n) is 4.13. The van der Waals surface area contributed by atoms with E-state index in [4.69, 9.17) is 4.74 Å². The van der Waals surface area contributed by atoms with Crippen LogP contribution in [0, 0.1) is 5.92 Å². The van der Waals surface area contributed by atoms with Gasteiger partial charge in [-0.3, -0.25) is 4.79 Å². The fourth-order valence-corrected chi connectivity index (χ4v) is 3.06. The number of methoxy groups -OCH3 is 1. The first-order valence-electron chi connectivity index (χ1n) is 6.95. The van der Waals surface area contributed by atoms with E-state index < -0.39 is 0 Å². The van der Waals surface area contributed by atoms with Gasteiger partial charge in [-0.1, -0.05) is 18.6 Å². The summed E-state index contributed by atoms with van der Waals surface area (Å²) in [6.07, 6.45) is 6.92. The Labute approximate surface area is 113 Å². The molecule has 0 aliphatic heterocycles. The monoisotopic (exact) mass is 257 g/mol. The topological polar surface area (TPSA) is 42.1 Å². The molecule has 1 aliphatic rings. The van der Waals surface area contributed by atoms with Crippen LogP contribution in [0.4, 0.5) is 0 Å². The number of rotatable bonds is 3. The second-order valence-corrected chi connectivity index (χ2v) is 5.31. The molecule has 0 radical (unpaired) electrons. The highest BCUT2D eigenvalue weighted by Gasteiger charge is 2.23. The van der Waals surface area contributed by atoms with Crippen molar-refractivity contribution in [1.82, 2.24) is 4.98 Å². The summed E-state index contributed by atoms with van der Waals surface area (Å²) in [5.74, 6) is 1.50. The van der Waals surface area contributed by atoms with Crippen LogP contribution in [-0.4, -0.2) is 17.9 Å². The average molecular weight is 257 g/mol. The number of Topliss-reactive ketones (excluding diaryl/α,β-unsaturated/α-hetero) is 1. The number of hydrogen-bond donors (Lipinski definition) is 1. The molecule has 0 spiro atoms. The van der Waals surface area contributed by atoms with E-state index in [0.29, 0.717) is 5.78 Å². The van der Waals surface area contributed by atoms with Crippen LogP contribution >= 0.6 is 0 Å². The summed E-state index contributed by atoms with van der Waals surface area (Å²) in [5, 5.41) is 1.18. The van der Waals surface area contributed by atoms with E-state index in [1.165, 1.54) is 17.4 Å². The summed E-state index contributed by atoms with van der Waals surface area (Å²) in [7, 11) is 1.68. The molecule has 1 fully saturated rings. The van der Waals surface area contributed by atoms with Crippen molar-refractivity contribution in [3.8, 4) is 5.75 Å². The number of para-hydroxylation sites is 1. The Morgan fingerprint density at radius 2 is 2.26 bits per heavy atom. The summed E-state index contributed by atoms with van der Waals surface area (Å²) in [5.41, 5.74) is 2.26. The van der Waals surface area contributed by atoms with E-state index in [1.54, 1.807) is 7.11 Å². The Bertz CT molecular complexity index is 600. The van der Waals surface area contributed by atoms with Crippen molar-refractivity contribution in [2.75, 3.05) is 7.11 Å². The molecule has 0 bridgehead atoms. The molecule has 1 atom stereocenters. The number of ketones is 1.